The zero-order valence-electron chi connectivity index (χ0n) is 13.7. The molecule has 0 amide bonds. The lowest BCUT2D eigenvalue weighted by Gasteiger charge is -2.13. The number of ether oxygens (including phenoxy) is 4. The number of aryl methyl sites for hydroxylation is 1. The fourth-order valence-electron chi connectivity index (χ4n) is 3.89. The van der Waals surface area contributed by atoms with Crippen LogP contribution in [0.1, 0.15) is 22.5 Å². The fourth-order valence-corrected chi connectivity index (χ4v) is 3.89. The second-order valence-corrected chi connectivity index (χ2v) is 6.52. The Hall–Kier alpha value is -3.28. The van der Waals surface area contributed by atoms with E-state index in [2.05, 4.69) is 0 Å². The van der Waals surface area contributed by atoms with Crippen LogP contribution in [0, 0.1) is 0 Å². The highest BCUT2D eigenvalue weighted by Crippen LogP contribution is 2.44. The number of aromatic nitrogens is 1. The second kappa shape index (κ2) is 4.88. The third-order valence-electron chi connectivity index (χ3n) is 5.08. The first-order valence-corrected chi connectivity index (χ1v) is 8.47. The molecule has 1 aliphatic carbocycles. The molecule has 26 heavy (non-hydrogen) atoms. The molecule has 2 aromatic carbocycles. The Morgan fingerprint density at radius 2 is 1.50 bits per heavy atom. The lowest BCUT2D eigenvalue weighted by Crippen LogP contribution is -2.00. The standard InChI is InChI=1S/C20H13NO5/c22-14-3-2-12-20(14)19(10-1-4-15-16(5-10)24-8-23-15)11-6-17-18(26-9-25-17)7-13(11)21-12/h1,4-7H,2-3,8-9H2. The zero-order valence-corrected chi connectivity index (χ0v) is 13.7. The number of nitrogens with zero attached hydrogens (tertiary/aromatic N) is 1. The number of hydrogen-bond donors (Lipinski definition) is 0. The molecule has 6 rings (SSSR count). The molecule has 0 bridgehead atoms. The van der Waals surface area contributed by atoms with E-state index < -0.39 is 0 Å². The second-order valence-electron chi connectivity index (χ2n) is 6.52. The molecule has 6 heteroatoms. The van der Waals surface area contributed by atoms with E-state index in [1.807, 2.05) is 30.3 Å². The summed E-state index contributed by atoms with van der Waals surface area (Å²) in [6.07, 6.45) is 1.15. The molecule has 0 N–H and O–H groups in total. The first kappa shape index (κ1) is 13.9. The van der Waals surface area contributed by atoms with Crippen molar-refractivity contribution in [1.82, 2.24) is 4.98 Å². The minimum Gasteiger partial charge on any atom is -0.454 e. The van der Waals surface area contributed by atoms with Crippen molar-refractivity contribution in [2.45, 2.75) is 12.8 Å². The number of Topliss-reactive ketones (excluding diaryl/α,β-unsaturated/α-hetero) is 1. The predicted octanol–water partition coefficient (Wildman–Crippen LogP) is 3.49. The van der Waals surface area contributed by atoms with E-state index in [1.165, 1.54) is 0 Å². The van der Waals surface area contributed by atoms with Gasteiger partial charge in [-0.15, -0.1) is 0 Å². The molecule has 0 saturated heterocycles. The van der Waals surface area contributed by atoms with Gasteiger partial charge in [0, 0.05) is 29.0 Å². The van der Waals surface area contributed by atoms with Crippen molar-refractivity contribution in [3.63, 3.8) is 0 Å². The van der Waals surface area contributed by atoms with E-state index in [1.54, 1.807) is 0 Å². The van der Waals surface area contributed by atoms with Crippen LogP contribution in [-0.2, 0) is 6.42 Å². The van der Waals surface area contributed by atoms with Crippen molar-refractivity contribution >= 4 is 16.7 Å². The number of hydrogen-bond acceptors (Lipinski definition) is 6. The zero-order chi connectivity index (χ0) is 17.3. The minimum absolute atomic E-state index is 0.125. The van der Waals surface area contributed by atoms with Gasteiger partial charge in [-0.1, -0.05) is 6.07 Å². The average molecular weight is 347 g/mol. The highest BCUT2D eigenvalue weighted by Gasteiger charge is 2.29. The van der Waals surface area contributed by atoms with Crippen molar-refractivity contribution in [1.29, 1.82) is 0 Å². The summed E-state index contributed by atoms with van der Waals surface area (Å²) in [6.45, 7) is 0.412. The summed E-state index contributed by atoms with van der Waals surface area (Å²) in [5, 5.41) is 0.877. The fraction of sp³-hybridized carbons (Fsp3) is 0.200. The molecule has 1 aromatic heterocycles. The van der Waals surface area contributed by atoms with Gasteiger partial charge in [0.15, 0.2) is 28.8 Å². The molecule has 2 aliphatic heterocycles. The van der Waals surface area contributed by atoms with E-state index in [9.17, 15) is 4.79 Å². The molecule has 0 saturated carbocycles. The van der Waals surface area contributed by atoms with Crippen molar-refractivity contribution in [2.24, 2.45) is 0 Å². The first-order valence-electron chi connectivity index (χ1n) is 8.47. The number of fused-ring (bicyclic) bond motifs is 4. The molecule has 0 unspecified atom stereocenters. The van der Waals surface area contributed by atoms with Gasteiger partial charge in [0.05, 0.1) is 11.2 Å². The van der Waals surface area contributed by atoms with Gasteiger partial charge in [0.25, 0.3) is 0 Å². The molecule has 0 radical (unpaired) electrons. The minimum atomic E-state index is 0.125. The van der Waals surface area contributed by atoms with Crippen LogP contribution in [0.25, 0.3) is 22.0 Å². The Labute approximate surface area is 148 Å². The van der Waals surface area contributed by atoms with Gasteiger partial charge < -0.3 is 18.9 Å². The lowest BCUT2D eigenvalue weighted by atomic mass is 9.94. The summed E-state index contributed by atoms with van der Waals surface area (Å²) in [6, 6.07) is 9.56. The van der Waals surface area contributed by atoms with Crippen LogP contribution >= 0.6 is 0 Å². The molecule has 0 atom stereocenters. The van der Waals surface area contributed by atoms with Gasteiger partial charge in [-0.05, 0) is 30.2 Å². The van der Waals surface area contributed by atoms with Gasteiger partial charge in [0.1, 0.15) is 0 Å². The average Bonchev–Trinajstić information content (AvgIpc) is 3.37. The maximum atomic E-state index is 12.6. The molecule has 0 spiro atoms. The van der Waals surface area contributed by atoms with E-state index in [4.69, 9.17) is 23.9 Å². The molecular formula is C20H13NO5. The number of pyridine rings is 1. The molecule has 6 nitrogen and oxygen atoms in total. The van der Waals surface area contributed by atoms with Crippen LogP contribution in [0.15, 0.2) is 30.3 Å². The van der Waals surface area contributed by atoms with E-state index in [0.717, 1.165) is 27.7 Å². The van der Waals surface area contributed by atoms with Crippen molar-refractivity contribution in [2.75, 3.05) is 13.6 Å². The van der Waals surface area contributed by atoms with E-state index >= 15 is 0 Å². The summed E-state index contributed by atoms with van der Waals surface area (Å²) in [7, 11) is 0. The Morgan fingerprint density at radius 3 is 2.35 bits per heavy atom. The number of ketones is 1. The summed E-state index contributed by atoms with van der Waals surface area (Å²) in [4.78, 5) is 17.3. The maximum Gasteiger partial charge on any atom is 0.231 e. The molecule has 128 valence electrons. The maximum absolute atomic E-state index is 12.6. The number of carbonyl (C=O) groups is 1. The summed E-state index contributed by atoms with van der Waals surface area (Å²) in [5.41, 5.74) is 4.13. The van der Waals surface area contributed by atoms with Gasteiger partial charge in [0.2, 0.25) is 13.6 Å². The van der Waals surface area contributed by atoms with Crippen LogP contribution in [-0.4, -0.2) is 24.4 Å². The first-order chi connectivity index (χ1) is 12.8. The van der Waals surface area contributed by atoms with Crippen LogP contribution in [0.3, 0.4) is 0 Å². The third-order valence-corrected chi connectivity index (χ3v) is 5.08. The topological polar surface area (TPSA) is 66.9 Å². The normalized spacial score (nSPS) is 16.4. The van der Waals surface area contributed by atoms with Crippen LogP contribution < -0.4 is 18.9 Å². The molecule has 3 aliphatic rings. The van der Waals surface area contributed by atoms with Gasteiger partial charge >= 0.3 is 0 Å². The Morgan fingerprint density at radius 1 is 0.769 bits per heavy atom. The Kier molecular flexibility index (Phi) is 2.62. The largest absolute Gasteiger partial charge is 0.454 e. The van der Waals surface area contributed by atoms with E-state index in [0.29, 0.717) is 41.4 Å². The summed E-state index contributed by atoms with van der Waals surface area (Å²) >= 11 is 0. The van der Waals surface area contributed by atoms with Gasteiger partial charge in [-0.3, -0.25) is 9.78 Å². The number of rotatable bonds is 1. The predicted molar refractivity (Wildman–Crippen MR) is 92.1 cm³/mol. The molecule has 3 aromatic rings. The monoisotopic (exact) mass is 347 g/mol. The van der Waals surface area contributed by atoms with Crippen LogP contribution in [0.4, 0.5) is 0 Å². The van der Waals surface area contributed by atoms with Crippen molar-refractivity contribution in [3.05, 3.63) is 41.6 Å². The van der Waals surface area contributed by atoms with Gasteiger partial charge in [-0.2, -0.15) is 0 Å². The molecule has 3 heterocycles. The highest BCUT2D eigenvalue weighted by molar-refractivity contribution is 6.12. The Bertz CT molecular complexity index is 1120. The Balaban J connectivity index is 1.70. The summed E-state index contributed by atoms with van der Waals surface area (Å²) in [5.74, 6) is 2.89. The summed E-state index contributed by atoms with van der Waals surface area (Å²) < 4.78 is 22.0. The lowest BCUT2D eigenvalue weighted by molar-refractivity contribution is 0.0995. The van der Waals surface area contributed by atoms with Crippen LogP contribution in [0.5, 0.6) is 23.0 Å². The number of carbonyl (C=O) groups excluding carboxylic acids is 1. The molecular weight excluding hydrogens is 334 g/mol. The highest BCUT2D eigenvalue weighted by atomic mass is 16.7. The smallest absolute Gasteiger partial charge is 0.231 e. The third kappa shape index (κ3) is 1.81. The van der Waals surface area contributed by atoms with Crippen molar-refractivity contribution < 1.29 is 23.7 Å². The SMILES string of the molecule is O=C1CCc2nc3cc4c(cc3c(-c3ccc5c(c3)OCO5)c21)OCO4. The van der Waals surface area contributed by atoms with Crippen molar-refractivity contribution in [3.8, 4) is 34.1 Å². The molecule has 0 fully saturated rings. The van der Waals surface area contributed by atoms with Gasteiger partial charge in [-0.25, -0.2) is 0 Å². The quantitative estimate of drug-likeness (QED) is 0.671. The number of benzene rings is 2. The van der Waals surface area contributed by atoms with E-state index in [-0.39, 0.29) is 19.4 Å². The van der Waals surface area contributed by atoms with Crippen LogP contribution in [0.2, 0.25) is 0 Å².